The third-order valence-corrected chi connectivity index (χ3v) is 2.76. The zero-order chi connectivity index (χ0) is 14.7. The number of nitrogens with zero attached hydrogens (tertiary/aromatic N) is 3. The molecule has 0 aliphatic heterocycles. The van der Waals surface area contributed by atoms with Crippen molar-refractivity contribution in [3.8, 4) is 17.4 Å². The first-order chi connectivity index (χ1) is 9.49. The van der Waals surface area contributed by atoms with Crippen molar-refractivity contribution in [3.63, 3.8) is 0 Å². The molecular weight excluding hydrogens is 330 g/mol. The number of hydrogen-bond acceptors (Lipinski definition) is 6. The molecule has 0 saturated heterocycles. The normalized spacial score (nSPS) is 10.2. The fourth-order valence-electron chi connectivity index (χ4n) is 1.53. The van der Waals surface area contributed by atoms with E-state index in [9.17, 15) is 10.1 Å². The van der Waals surface area contributed by atoms with Gasteiger partial charge in [0.1, 0.15) is 10.4 Å². The van der Waals surface area contributed by atoms with Crippen LogP contribution in [0.4, 0.5) is 5.69 Å². The molecule has 20 heavy (non-hydrogen) atoms. The van der Waals surface area contributed by atoms with Gasteiger partial charge in [-0.15, -0.1) is 0 Å². The molecule has 104 valence electrons. The Hall–Kier alpha value is -2.22. The number of aryl methyl sites for hydroxylation is 1. The number of ether oxygens (including phenoxy) is 2. The van der Waals surface area contributed by atoms with E-state index >= 15 is 0 Å². The molecule has 0 spiro atoms. The highest BCUT2D eigenvalue weighted by molar-refractivity contribution is 9.10. The molecular formula is C12H10BrN3O4. The van der Waals surface area contributed by atoms with Gasteiger partial charge in [0.25, 0.3) is 5.69 Å². The van der Waals surface area contributed by atoms with Crippen LogP contribution in [0.15, 0.2) is 28.9 Å². The molecule has 0 fully saturated rings. The molecule has 0 radical (unpaired) electrons. The minimum atomic E-state index is -0.507. The van der Waals surface area contributed by atoms with Gasteiger partial charge in [-0.3, -0.25) is 10.1 Å². The van der Waals surface area contributed by atoms with Crippen LogP contribution >= 0.6 is 15.9 Å². The lowest BCUT2D eigenvalue weighted by atomic mass is 10.3. The smallest absolute Gasteiger partial charge is 0.273 e. The van der Waals surface area contributed by atoms with Crippen LogP contribution in [-0.4, -0.2) is 22.0 Å². The Kier molecular flexibility index (Phi) is 4.14. The van der Waals surface area contributed by atoms with Gasteiger partial charge in [-0.2, -0.15) is 4.98 Å². The second-order valence-corrected chi connectivity index (χ2v) is 4.58. The zero-order valence-corrected chi connectivity index (χ0v) is 12.2. The van der Waals surface area contributed by atoms with Gasteiger partial charge in [-0.25, -0.2) is 4.98 Å². The molecule has 1 aromatic carbocycles. The molecule has 0 aliphatic carbocycles. The summed E-state index contributed by atoms with van der Waals surface area (Å²) in [6.07, 6.45) is 0. The van der Waals surface area contributed by atoms with E-state index in [1.165, 1.54) is 25.3 Å². The van der Waals surface area contributed by atoms with E-state index < -0.39 is 4.92 Å². The topological polar surface area (TPSA) is 87.4 Å². The Morgan fingerprint density at radius 2 is 2.00 bits per heavy atom. The molecule has 0 atom stereocenters. The number of nitro benzene ring substituents is 1. The van der Waals surface area contributed by atoms with Gasteiger partial charge in [0.2, 0.25) is 5.88 Å². The summed E-state index contributed by atoms with van der Waals surface area (Å²) in [5, 5.41) is 10.8. The molecule has 2 rings (SSSR count). The van der Waals surface area contributed by atoms with Crippen LogP contribution < -0.4 is 9.47 Å². The molecule has 7 nitrogen and oxygen atoms in total. The maximum atomic E-state index is 10.8. The Morgan fingerprint density at radius 3 is 2.60 bits per heavy atom. The van der Waals surface area contributed by atoms with Crippen molar-refractivity contribution in [2.24, 2.45) is 0 Å². The van der Waals surface area contributed by atoms with E-state index in [0.717, 1.165) is 0 Å². The van der Waals surface area contributed by atoms with Crippen molar-refractivity contribution >= 4 is 21.6 Å². The van der Waals surface area contributed by atoms with Crippen LogP contribution in [0.25, 0.3) is 0 Å². The first kappa shape index (κ1) is 14.2. The van der Waals surface area contributed by atoms with Gasteiger partial charge in [0.05, 0.1) is 18.1 Å². The summed E-state index contributed by atoms with van der Waals surface area (Å²) in [7, 11) is 1.45. The van der Waals surface area contributed by atoms with Crippen LogP contribution in [0.1, 0.15) is 5.82 Å². The number of rotatable bonds is 4. The highest BCUT2D eigenvalue weighted by Crippen LogP contribution is 2.34. The average Bonchev–Trinajstić information content (AvgIpc) is 2.37. The van der Waals surface area contributed by atoms with Crippen molar-refractivity contribution < 1.29 is 14.4 Å². The molecule has 8 heteroatoms. The lowest BCUT2D eigenvalue weighted by Gasteiger charge is -2.09. The van der Waals surface area contributed by atoms with Crippen molar-refractivity contribution in [2.75, 3.05) is 7.11 Å². The summed E-state index contributed by atoms with van der Waals surface area (Å²) in [4.78, 5) is 18.4. The number of non-ortho nitro benzene ring substituents is 1. The summed E-state index contributed by atoms with van der Waals surface area (Å²) >= 11 is 3.23. The van der Waals surface area contributed by atoms with E-state index in [-0.39, 0.29) is 17.3 Å². The maximum absolute atomic E-state index is 10.8. The first-order valence-corrected chi connectivity index (χ1v) is 6.30. The van der Waals surface area contributed by atoms with Crippen molar-refractivity contribution in [2.45, 2.75) is 6.92 Å². The highest BCUT2D eigenvalue weighted by atomic mass is 79.9. The van der Waals surface area contributed by atoms with Crippen molar-refractivity contribution in [1.82, 2.24) is 9.97 Å². The van der Waals surface area contributed by atoms with Gasteiger partial charge in [0.15, 0.2) is 11.5 Å². The zero-order valence-electron chi connectivity index (χ0n) is 10.7. The minimum Gasteiger partial charge on any atom is -0.493 e. The second kappa shape index (κ2) is 5.83. The monoisotopic (exact) mass is 339 g/mol. The van der Waals surface area contributed by atoms with E-state index in [1.54, 1.807) is 13.0 Å². The predicted octanol–water partition coefficient (Wildman–Crippen LogP) is 3.26. The fraction of sp³-hybridized carbons (Fsp3) is 0.167. The minimum absolute atomic E-state index is 0.0920. The molecule has 0 bridgehead atoms. The van der Waals surface area contributed by atoms with Crippen LogP contribution in [0.3, 0.4) is 0 Å². The Balaban J connectivity index is 2.40. The quantitative estimate of drug-likeness (QED) is 0.482. The van der Waals surface area contributed by atoms with E-state index in [2.05, 4.69) is 25.9 Å². The van der Waals surface area contributed by atoms with E-state index in [4.69, 9.17) is 9.47 Å². The number of nitro groups is 1. The van der Waals surface area contributed by atoms with Gasteiger partial charge in [0, 0.05) is 12.1 Å². The summed E-state index contributed by atoms with van der Waals surface area (Å²) < 4.78 is 11.2. The number of aromatic nitrogens is 2. The molecule has 1 heterocycles. The summed E-state index contributed by atoms with van der Waals surface area (Å²) in [6, 6.07) is 5.65. The molecule has 0 unspecified atom stereocenters. The third-order valence-electron chi connectivity index (χ3n) is 2.36. The SMILES string of the molecule is COc1ccc([N+](=O)[O-])cc1Oc1cc(Br)nc(C)n1. The number of hydrogen-bond donors (Lipinski definition) is 0. The van der Waals surface area contributed by atoms with Crippen molar-refractivity contribution in [1.29, 1.82) is 0 Å². The molecule has 2 aromatic rings. The number of benzene rings is 1. The predicted molar refractivity (Wildman–Crippen MR) is 74.2 cm³/mol. The van der Waals surface area contributed by atoms with Crippen LogP contribution in [0, 0.1) is 17.0 Å². The van der Waals surface area contributed by atoms with Crippen LogP contribution in [0.2, 0.25) is 0 Å². The highest BCUT2D eigenvalue weighted by Gasteiger charge is 2.14. The van der Waals surface area contributed by atoms with Crippen LogP contribution in [0.5, 0.6) is 17.4 Å². The van der Waals surface area contributed by atoms with E-state index in [0.29, 0.717) is 16.2 Å². The van der Waals surface area contributed by atoms with Gasteiger partial charge < -0.3 is 9.47 Å². The van der Waals surface area contributed by atoms with Gasteiger partial charge >= 0.3 is 0 Å². The molecule has 0 saturated carbocycles. The summed E-state index contributed by atoms with van der Waals surface area (Å²) in [6.45, 7) is 1.71. The van der Waals surface area contributed by atoms with E-state index in [1.807, 2.05) is 0 Å². The Bertz CT molecular complexity index is 643. The maximum Gasteiger partial charge on any atom is 0.273 e. The molecule has 1 aromatic heterocycles. The number of halogens is 1. The van der Waals surface area contributed by atoms with Gasteiger partial charge in [-0.1, -0.05) is 0 Å². The Morgan fingerprint density at radius 1 is 1.25 bits per heavy atom. The van der Waals surface area contributed by atoms with Gasteiger partial charge in [-0.05, 0) is 28.9 Å². The number of methoxy groups -OCH3 is 1. The van der Waals surface area contributed by atoms with Crippen molar-refractivity contribution in [3.05, 3.63) is 44.8 Å². The summed E-state index contributed by atoms with van der Waals surface area (Å²) in [5.41, 5.74) is -0.0920. The molecule has 0 N–H and O–H groups in total. The lowest BCUT2D eigenvalue weighted by Crippen LogP contribution is -1.96. The molecule has 0 aliphatic rings. The standard InChI is InChI=1S/C12H10BrN3O4/c1-7-14-11(13)6-12(15-7)20-10-5-8(16(17)18)3-4-9(10)19-2/h3-6H,1-2H3. The fourth-order valence-corrected chi connectivity index (χ4v) is 1.98. The first-order valence-electron chi connectivity index (χ1n) is 5.51. The largest absolute Gasteiger partial charge is 0.493 e. The average molecular weight is 340 g/mol. The molecule has 0 amide bonds. The lowest BCUT2D eigenvalue weighted by molar-refractivity contribution is -0.384. The third kappa shape index (κ3) is 3.21. The second-order valence-electron chi connectivity index (χ2n) is 3.77. The van der Waals surface area contributed by atoms with Crippen LogP contribution in [-0.2, 0) is 0 Å². The Labute approximate surface area is 122 Å². The summed E-state index contributed by atoms with van der Waals surface area (Å²) in [5.74, 6) is 1.37.